The van der Waals surface area contributed by atoms with Gasteiger partial charge in [-0.15, -0.1) is 0 Å². The normalized spacial score (nSPS) is 15.2. The van der Waals surface area contributed by atoms with Crippen molar-refractivity contribution in [1.29, 1.82) is 0 Å². The molecule has 0 saturated carbocycles. The highest BCUT2D eigenvalue weighted by Crippen LogP contribution is 2.25. The number of aliphatic hydroxyl groups is 1. The summed E-state index contributed by atoms with van der Waals surface area (Å²) in [5.41, 5.74) is -0.0566. The fourth-order valence-electron chi connectivity index (χ4n) is 5.51. The molecule has 1 unspecified atom stereocenters. The van der Waals surface area contributed by atoms with Crippen molar-refractivity contribution < 1.29 is 32.7 Å². The first-order chi connectivity index (χ1) is 24.1. The third-order valence-corrected chi connectivity index (χ3v) is 9.01. The van der Waals surface area contributed by atoms with Crippen LogP contribution in [-0.4, -0.2) is 53.9 Å². The molecule has 0 aliphatic rings. The van der Waals surface area contributed by atoms with E-state index in [0.717, 1.165) is 77.0 Å². The Kier molecular flexibility index (Phi) is 28.2. The van der Waals surface area contributed by atoms with E-state index in [-0.39, 0.29) is 18.9 Å². The van der Waals surface area contributed by atoms with E-state index in [4.69, 9.17) is 9.29 Å². The molecule has 0 aromatic heterocycles. The van der Waals surface area contributed by atoms with Gasteiger partial charge in [0.15, 0.2) is 0 Å². The van der Waals surface area contributed by atoms with Crippen LogP contribution < -0.4 is 5.11 Å². The number of hydrogen-bond acceptors (Lipinski definition) is 7. The molecular weight excluding hydrogens is 663 g/mol. The van der Waals surface area contributed by atoms with E-state index in [1.165, 1.54) is 0 Å². The molecular formula is C42H70NO7S-. The summed E-state index contributed by atoms with van der Waals surface area (Å²) in [4.78, 5) is 16.5. The minimum atomic E-state index is -4.19. The number of unbranched alkanes of at least 4 members (excludes halogenated alkanes) is 1. The van der Waals surface area contributed by atoms with Gasteiger partial charge in [0.05, 0.1) is 17.9 Å². The summed E-state index contributed by atoms with van der Waals surface area (Å²) in [5, 5.41) is 22.2. The molecule has 0 fully saturated rings. The molecule has 0 saturated heterocycles. The SMILES string of the molecule is C=C(CC([O-])=NCCS(=O)(=O)O)CC(C[C@H](C)CCC[C@H](C)CCCC(C)(C)O)OC(=O)CCC/C=C\C/C=C\C/C=C\C/C=C\C/C=C\CC. The lowest BCUT2D eigenvalue weighted by Crippen LogP contribution is -2.24. The summed E-state index contributed by atoms with van der Waals surface area (Å²) in [6.45, 7) is 13.9. The molecule has 0 aliphatic heterocycles. The number of allylic oxidation sites excluding steroid dienone is 10. The summed E-state index contributed by atoms with van der Waals surface area (Å²) in [6, 6.07) is 0. The van der Waals surface area contributed by atoms with Crippen LogP contribution in [0.1, 0.15) is 144 Å². The van der Waals surface area contributed by atoms with Crippen molar-refractivity contribution in [2.75, 3.05) is 12.3 Å². The Hall–Kier alpha value is -2.75. The predicted octanol–water partition coefficient (Wildman–Crippen LogP) is 9.58. The summed E-state index contributed by atoms with van der Waals surface area (Å²) in [7, 11) is -4.19. The van der Waals surface area contributed by atoms with Gasteiger partial charge in [-0.05, 0) is 95.8 Å². The predicted molar refractivity (Wildman–Crippen MR) is 212 cm³/mol. The van der Waals surface area contributed by atoms with E-state index in [2.05, 4.69) is 93.1 Å². The molecule has 0 heterocycles. The maximum atomic E-state index is 12.8. The summed E-state index contributed by atoms with van der Waals surface area (Å²) < 4.78 is 36.6. The number of carbonyl (C=O) groups is 1. The third kappa shape index (κ3) is 35.4. The van der Waals surface area contributed by atoms with Crippen LogP contribution in [0.5, 0.6) is 0 Å². The third-order valence-electron chi connectivity index (χ3n) is 8.31. The van der Waals surface area contributed by atoms with Gasteiger partial charge in [-0.2, -0.15) is 8.42 Å². The number of nitrogens with zero attached hydrogens (tertiary/aromatic N) is 1. The Morgan fingerprint density at radius 3 is 1.94 bits per heavy atom. The Morgan fingerprint density at radius 2 is 1.39 bits per heavy atom. The zero-order chi connectivity index (χ0) is 38.4. The molecule has 2 N–H and O–H groups in total. The first kappa shape index (κ1) is 48.2. The van der Waals surface area contributed by atoms with Crippen LogP contribution in [-0.2, 0) is 19.6 Å². The van der Waals surface area contributed by atoms with Gasteiger partial charge in [-0.3, -0.25) is 9.35 Å². The Labute approximate surface area is 311 Å². The lowest BCUT2D eigenvalue weighted by molar-refractivity contribution is -0.218. The molecule has 0 aromatic carbocycles. The minimum Gasteiger partial charge on any atom is -0.862 e. The standard InChI is InChI=1S/C42H71NO7S/c1-7-8-9-10-11-12-13-14-15-16-17-18-19-20-21-22-23-29-41(45)50-39(34-38(4)35-40(44)43-31-32-51(47,48)49)33-37(3)27-24-26-36(2)28-25-30-42(5,6)46/h8-9,11-12,14-15,17-18,20-21,36-37,39,46H,4,7,10,13,16,19,22-35H2,1-3,5-6H3,(H,43,44)(H,47,48,49)/p-1/b9-8-,12-11-,15-14-,18-17-,21-20-/t36-,37+,39?/m0/s1. The minimum absolute atomic E-state index is 0.0693. The molecule has 0 spiro atoms. The monoisotopic (exact) mass is 732 g/mol. The fourth-order valence-corrected chi connectivity index (χ4v) is 5.83. The molecule has 0 aliphatic carbocycles. The Balaban J connectivity index is 4.77. The van der Waals surface area contributed by atoms with E-state index >= 15 is 0 Å². The Morgan fingerprint density at radius 1 is 0.863 bits per heavy atom. The molecule has 9 heteroatoms. The summed E-state index contributed by atoms with van der Waals surface area (Å²) in [5.74, 6) is -0.517. The maximum absolute atomic E-state index is 12.8. The van der Waals surface area contributed by atoms with Crippen LogP contribution >= 0.6 is 0 Å². The second-order valence-electron chi connectivity index (χ2n) is 14.5. The largest absolute Gasteiger partial charge is 0.862 e. The summed E-state index contributed by atoms with van der Waals surface area (Å²) >= 11 is 0. The Bertz CT molecular complexity index is 1220. The topological polar surface area (TPSA) is 136 Å². The van der Waals surface area contributed by atoms with E-state index in [1.54, 1.807) is 0 Å². The number of rotatable bonds is 31. The molecule has 0 radical (unpaired) electrons. The molecule has 0 bridgehead atoms. The van der Waals surface area contributed by atoms with Crippen LogP contribution in [0, 0.1) is 11.8 Å². The first-order valence-electron chi connectivity index (χ1n) is 19.1. The van der Waals surface area contributed by atoms with Crippen LogP contribution in [0.25, 0.3) is 0 Å². The second kappa shape index (κ2) is 29.8. The van der Waals surface area contributed by atoms with Gasteiger partial charge >= 0.3 is 5.97 Å². The molecule has 51 heavy (non-hydrogen) atoms. The van der Waals surface area contributed by atoms with Crippen molar-refractivity contribution in [1.82, 2.24) is 0 Å². The number of esters is 1. The molecule has 8 nitrogen and oxygen atoms in total. The molecule has 292 valence electrons. The van der Waals surface area contributed by atoms with Crippen LogP contribution in [0.15, 0.2) is 77.9 Å². The van der Waals surface area contributed by atoms with Gasteiger partial charge in [0.25, 0.3) is 10.1 Å². The lowest BCUT2D eigenvalue weighted by atomic mass is 9.90. The van der Waals surface area contributed by atoms with E-state index in [9.17, 15) is 23.4 Å². The van der Waals surface area contributed by atoms with Gasteiger partial charge in [-0.1, -0.05) is 126 Å². The van der Waals surface area contributed by atoms with Gasteiger partial charge in [0.1, 0.15) is 6.10 Å². The highest BCUT2D eigenvalue weighted by atomic mass is 32.2. The second-order valence-corrected chi connectivity index (χ2v) is 16.1. The highest BCUT2D eigenvalue weighted by Gasteiger charge is 2.20. The maximum Gasteiger partial charge on any atom is 0.306 e. The number of carbonyl (C=O) groups excluding carboxylic acids is 1. The average molecular weight is 733 g/mol. The van der Waals surface area contributed by atoms with Crippen molar-refractivity contribution in [3.8, 4) is 0 Å². The van der Waals surface area contributed by atoms with E-state index < -0.39 is 33.5 Å². The zero-order valence-corrected chi connectivity index (χ0v) is 33.3. The number of ether oxygens (including phenoxy) is 1. The number of aliphatic imine (C=N–C) groups is 1. The van der Waals surface area contributed by atoms with Gasteiger partial charge in [-0.25, -0.2) is 0 Å². The zero-order valence-electron chi connectivity index (χ0n) is 32.4. The molecule has 3 atom stereocenters. The molecule has 0 rings (SSSR count). The van der Waals surface area contributed by atoms with Crippen molar-refractivity contribution >= 4 is 22.0 Å². The van der Waals surface area contributed by atoms with Gasteiger partial charge in [0, 0.05) is 12.8 Å². The molecule has 0 amide bonds. The van der Waals surface area contributed by atoms with Crippen molar-refractivity contribution in [2.45, 2.75) is 155 Å². The van der Waals surface area contributed by atoms with Crippen LogP contribution in [0.2, 0.25) is 0 Å². The number of hydrogen-bond donors (Lipinski definition) is 2. The first-order valence-corrected chi connectivity index (χ1v) is 20.7. The summed E-state index contributed by atoms with van der Waals surface area (Å²) in [6.07, 6.45) is 34.7. The van der Waals surface area contributed by atoms with Gasteiger partial charge < -0.3 is 19.9 Å². The van der Waals surface area contributed by atoms with Crippen molar-refractivity contribution in [2.24, 2.45) is 16.8 Å². The van der Waals surface area contributed by atoms with Crippen LogP contribution in [0.3, 0.4) is 0 Å². The quantitative estimate of drug-likeness (QED) is 0.0181. The highest BCUT2D eigenvalue weighted by molar-refractivity contribution is 7.85. The lowest BCUT2D eigenvalue weighted by Gasteiger charge is -2.24. The van der Waals surface area contributed by atoms with Gasteiger partial charge in [0.2, 0.25) is 0 Å². The average Bonchev–Trinajstić information content (AvgIpc) is 3.01. The van der Waals surface area contributed by atoms with E-state index in [0.29, 0.717) is 43.1 Å². The smallest absolute Gasteiger partial charge is 0.306 e. The molecule has 0 aromatic rings. The van der Waals surface area contributed by atoms with E-state index in [1.807, 2.05) is 13.8 Å². The van der Waals surface area contributed by atoms with Crippen LogP contribution in [0.4, 0.5) is 0 Å². The van der Waals surface area contributed by atoms with Crippen molar-refractivity contribution in [3.05, 3.63) is 72.9 Å². The van der Waals surface area contributed by atoms with Crippen molar-refractivity contribution in [3.63, 3.8) is 0 Å². The fraction of sp³-hybridized carbons (Fsp3) is 0.667.